The van der Waals surface area contributed by atoms with E-state index in [0.29, 0.717) is 6.42 Å². The molecule has 0 aromatic carbocycles. The topological polar surface area (TPSA) is 80.9 Å². The highest BCUT2D eigenvalue weighted by atomic mass is 32.1. The molecule has 0 radical (unpaired) electrons. The fourth-order valence-corrected chi connectivity index (χ4v) is 1.25. The van der Waals surface area contributed by atoms with Crippen LogP contribution in [0.15, 0.2) is 18.6 Å². The molecular formula is C10H14N4OS. The quantitative estimate of drug-likeness (QED) is 0.753. The summed E-state index contributed by atoms with van der Waals surface area (Å²) in [6, 6.07) is 0. The van der Waals surface area contributed by atoms with Crippen LogP contribution in [0.1, 0.15) is 30.8 Å². The van der Waals surface area contributed by atoms with E-state index >= 15 is 0 Å². The minimum Gasteiger partial charge on any atom is -0.391 e. The van der Waals surface area contributed by atoms with Gasteiger partial charge in [0, 0.05) is 12.4 Å². The molecule has 0 saturated heterocycles. The van der Waals surface area contributed by atoms with Gasteiger partial charge in [0.1, 0.15) is 5.69 Å². The van der Waals surface area contributed by atoms with Crippen LogP contribution in [-0.2, 0) is 0 Å². The number of nitrogens with one attached hydrogen (secondary N) is 1. The molecule has 0 fully saturated rings. The fourth-order valence-electron chi connectivity index (χ4n) is 1.06. The molecule has 16 heavy (non-hydrogen) atoms. The third-order valence-electron chi connectivity index (χ3n) is 2.44. The van der Waals surface area contributed by atoms with Gasteiger partial charge in [-0.1, -0.05) is 19.1 Å². The highest BCUT2D eigenvalue weighted by Gasteiger charge is 2.28. The van der Waals surface area contributed by atoms with Gasteiger partial charge in [-0.25, -0.2) is 4.98 Å². The van der Waals surface area contributed by atoms with Crippen LogP contribution in [0.25, 0.3) is 0 Å². The van der Waals surface area contributed by atoms with Crippen molar-refractivity contribution in [2.75, 3.05) is 0 Å². The first-order valence-electron chi connectivity index (χ1n) is 4.88. The number of carbonyl (C=O) groups is 1. The number of nitrogens with zero attached hydrogens (tertiary/aromatic N) is 2. The van der Waals surface area contributed by atoms with Crippen molar-refractivity contribution in [2.24, 2.45) is 5.73 Å². The van der Waals surface area contributed by atoms with Gasteiger partial charge in [-0.2, -0.15) is 0 Å². The lowest BCUT2D eigenvalue weighted by atomic mass is 9.99. The van der Waals surface area contributed by atoms with E-state index in [2.05, 4.69) is 15.3 Å². The van der Waals surface area contributed by atoms with E-state index in [1.165, 1.54) is 18.6 Å². The van der Waals surface area contributed by atoms with Gasteiger partial charge in [0.15, 0.2) is 0 Å². The number of hydrogen-bond donors (Lipinski definition) is 2. The van der Waals surface area contributed by atoms with Gasteiger partial charge in [-0.05, 0) is 13.3 Å². The maximum atomic E-state index is 11.8. The van der Waals surface area contributed by atoms with Crippen molar-refractivity contribution in [3.63, 3.8) is 0 Å². The maximum Gasteiger partial charge on any atom is 0.272 e. The average Bonchev–Trinajstić information content (AvgIpc) is 2.29. The number of rotatable bonds is 4. The van der Waals surface area contributed by atoms with Gasteiger partial charge < -0.3 is 11.1 Å². The predicted octanol–water partition coefficient (Wildman–Crippen LogP) is 0.661. The van der Waals surface area contributed by atoms with Crippen molar-refractivity contribution >= 4 is 23.1 Å². The van der Waals surface area contributed by atoms with Crippen LogP contribution in [0.2, 0.25) is 0 Å². The van der Waals surface area contributed by atoms with Crippen molar-refractivity contribution in [1.29, 1.82) is 0 Å². The average molecular weight is 238 g/mol. The first kappa shape index (κ1) is 12.5. The summed E-state index contributed by atoms with van der Waals surface area (Å²) in [5, 5.41) is 2.75. The molecule has 86 valence electrons. The summed E-state index contributed by atoms with van der Waals surface area (Å²) in [5.41, 5.74) is 5.15. The van der Waals surface area contributed by atoms with Crippen LogP contribution in [0, 0.1) is 0 Å². The number of aromatic nitrogens is 2. The molecule has 1 heterocycles. The molecule has 3 N–H and O–H groups in total. The van der Waals surface area contributed by atoms with Gasteiger partial charge in [0.2, 0.25) is 0 Å². The van der Waals surface area contributed by atoms with Gasteiger partial charge in [-0.15, -0.1) is 0 Å². The largest absolute Gasteiger partial charge is 0.391 e. The Bertz CT molecular complexity index is 395. The summed E-state index contributed by atoms with van der Waals surface area (Å²) in [5.74, 6) is -0.328. The second kappa shape index (κ2) is 4.98. The third-order valence-corrected chi connectivity index (χ3v) is 2.89. The molecule has 0 aliphatic rings. The normalized spacial score (nSPS) is 13.9. The summed E-state index contributed by atoms with van der Waals surface area (Å²) in [6.07, 6.45) is 4.97. The lowest BCUT2D eigenvalue weighted by molar-refractivity contribution is 0.0921. The van der Waals surface area contributed by atoms with E-state index in [1.54, 1.807) is 6.92 Å². The molecule has 0 spiro atoms. The van der Waals surface area contributed by atoms with Gasteiger partial charge in [0.25, 0.3) is 5.91 Å². The Morgan fingerprint density at radius 2 is 2.31 bits per heavy atom. The zero-order valence-electron chi connectivity index (χ0n) is 9.23. The summed E-state index contributed by atoms with van der Waals surface area (Å²) in [4.78, 5) is 19.8. The summed E-state index contributed by atoms with van der Waals surface area (Å²) in [6.45, 7) is 3.68. The van der Waals surface area contributed by atoms with Crippen molar-refractivity contribution in [3.05, 3.63) is 24.3 Å². The lowest BCUT2D eigenvalue weighted by Gasteiger charge is -2.27. The van der Waals surface area contributed by atoms with Crippen LogP contribution in [-0.4, -0.2) is 26.4 Å². The van der Waals surface area contributed by atoms with Crippen LogP contribution in [0.5, 0.6) is 0 Å². The summed E-state index contributed by atoms with van der Waals surface area (Å²) < 4.78 is 0. The standard InChI is InChI=1S/C10H14N4OS/c1-3-10(2,9(11)16)14-8(15)7-6-12-4-5-13-7/h4-6H,3H2,1-2H3,(H2,11,16)(H,14,15). The smallest absolute Gasteiger partial charge is 0.272 e. The molecule has 0 saturated carbocycles. The fraction of sp³-hybridized carbons (Fsp3) is 0.400. The Morgan fingerprint density at radius 1 is 1.62 bits per heavy atom. The molecule has 1 unspecified atom stereocenters. The van der Waals surface area contributed by atoms with E-state index in [1.807, 2.05) is 6.92 Å². The number of thiocarbonyl (C=S) groups is 1. The monoisotopic (exact) mass is 238 g/mol. The predicted molar refractivity (Wildman–Crippen MR) is 65.0 cm³/mol. The molecule has 6 heteroatoms. The Labute approximate surface area is 99.5 Å². The van der Waals surface area contributed by atoms with Crippen LogP contribution < -0.4 is 11.1 Å². The Morgan fingerprint density at radius 3 is 2.75 bits per heavy atom. The first-order chi connectivity index (χ1) is 7.49. The van der Waals surface area contributed by atoms with Crippen LogP contribution in [0.3, 0.4) is 0 Å². The van der Waals surface area contributed by atoms with Crippen LogP contribution >= 0.6 is 12.2 Å². The Hall–Kier alpha value is -1.56. The molecule has 1 aromatic rings. The van der Waals surface area contributed by atoms with Crippen molar-refractivity contribution in [1.82, 2.24) is 15.3 Å². The van der Waals surface area contributed by atoms with Crippen molar-refractivity contribution in [3.8, 4) is 0 Å². The number of nitrogens with two attached hydrogens (primary N) is 1. The molecule has 0 aliphatic carbocycles. The molecule has 5 nitrogen and oxygen atoms in total. The maximum absolute atomic E-state index is 11.8. The molecular weight excluding hydrogens is 224 g/mol. The molecule has 0 bridgehead atoms. The molecule has 1 aromatic heterocycles. The highest BCUT2D eigenvalue weighted by molar-refractivity contribution is 7.80. The van der Waals surface area contributed by atoms with E-state index in [-0.39, 0.29) is 16.6 Å². The van der Waals surface area contributed by atoms with Gasteiger partial charge >= 0.3 is 0 Å². The summed E-state index contributed by atoms with van der Waals surface area (Å²) in [7, 11) is 0. The molecule has 1 amide bonds. The van der Waals surface area contributed by atoms with Gasteiger partial charge in [0.05, 0.1) is 16.7 Å². The van der Waals surface area contributed by atoms with Gasteiger partial charge in [-0.3, -0.25) is 9.78 Å². The van der Waals surface area contributed by atoms with Crippen LogP contribution in [0.4, 0.5) is 0 Å². The third kappa shape index (κ3) is 2.73. The SMILES string of the molecule is CCC(C)(NC(=O)c1cnccn1)C(N)=S. The van der Waals surface area contributed by atoms with E-state index in [9.17, 15) is 4.79 Å². The van der Waals surface area contributed by atoms with Crippen molar-refractivity contribution in [2.45, 2.75) is 25.8 Å². The van der Waals surface area contributed by atoms with E-state index in [0.717, 1.165) is 0 Å². The number of amides is 1. The number of hydrogen-bond acceptors (Lipinski definition) is 4. The second-order valence-electron chi connectivity index (χ2n) is 3.59. The lowest BCUT2D eigenvalue weighted by Crippen LogP contribution is -2.54. The molecule has 1 atom stereocenters. The Balaban J connectivity index is 2.82. The zero-order valence-corrected chi connectivity index (χ0v) is 10.0. The molecule has 1 rings (SSSR count). The highest BCUT2D eigenvalue weighted by Crippen LogP contribution is 2.10. The second-order valence-corrected chi connectivity index (χ2v) is 4.03. The number of carbonyl (C=O) groups excluding carboxylic acids is 1. The van der Waals surface area contributed by atoms with E-state index in [4.69, 9.17) is 18.0 Å². The molecule has 0 aliphatic heterocycles. The minimum atomic E-state index is -0.691. The van der Waals surface area contributed by atoms with E-state index < -0.39 is 5.54 Å². The zero-order chi connectivity index (χ0) is 12.2. The van der Waals surface area contributed by atoms with Crippen molar-refractivity contribution < 1.29 is 4.79 Å². The first-order valence-corrected chi connectivity index (χ1v) is 5.29. The Kier molecular flexibility index (Phi) is 3.89. The summed E-state index contributed by atoms with van der Waals surface area (Å²) >= 11 is 4.92. The minimum absolute atomic E-state index is 0.249.